The summed E-state index contributed by atoms with van der Waals surface area (Å²) in [5.41, 5.74) is 0. The Morgan fingerprint density at radius 3 is 2.62 bits per heavy atom. The fourth-order valence-electron chi connectivity index (χ4n) is 1.45. The van der Waals surface area contributed by atoms with Gasteiger partial charge in [0.25, 0.3) is 0 Å². The zero-order valence-corrected chi connectivity index (χ0v) is 8.16. The molecular weight excluding hydrogens is 168 g/mol. The Kier molecular flexibility index (Phi) is 1.93. The Labute approximate surface area is 77.6 Å². The van der Waals surface area contributed by atoms with Gasteiger partial charge in [0.1, 0.15) is 17.6 Å². The first-order chi connectivity index (χ1) is 6.07. The molecule has 2 heterocycles. The molecule has 1 aliphatic heterocycles. The maximum Gasteiger partial charge on any atom is 0.164 e. The number of ether oxygens (including phenoxy) is 2. The van der Waals surface area contributed by atoms with Crippen LogP contribution < -0.4 is 0 Å². The summed E-state index contributed by atoms with van der Waals surface area (Å²) in [6, 6.07) is 3.87. The molecule has 1 aliphatic rings. The van der Waals surface area contributed by atoms with Gasteiger partial charge in [0.15, 0.2) is 5.79 Å². The van der Waals surface area contributed by atoms with E-state index in [0.29, 0.717) is 6.61 Å². The molecule has 0 bridgehead atoms. The monoisotopic (exact) mass is 182 g/mol. The van der Waals surface area contributed by atoms with Gasteiger partial charge in [-0.1, -0.05) is 0 Å². The first-order valence-electron chi connectivity index (χ1n) is 4.45. The number of hydrogen-bond acceptors (Lipinski definition) is 3. The highest BCUT2D eigenvalue weighted by molar-refractivity contribution is 5.09. The SMILES string of the molecule is Cc1ccc([C@H]2COC(C)(C)O2)o1. The van der Waals surface area contributed by atoms with Gasteiger partial charge in [-0.05, 0) is 32.9 Å². The van der Waals surface area contributed by atoms with E-state index in [4.69, 9.17) is 13.9 Å². The second-order valence-corrected chi connectivity index (χ2v) is 3.77. The molecule has 1 atom stereocenters. The molecule has 0 aliphatic carbocycles. The van der Waals surface area contributed by atoms with E-state index in [0.717, 1.165) is 11.5 Å². The predicted molar refractivity (Wildman–Crippen MR) is 47.3 cm³/mol. The van der Waals surface area contributed by atoms with Crippen LogP contribution in [0.15, 0.2) is 16.5 Å². The van der Waals surface area contributed by atoms with Crippen LogP contribution in [-0.4, -0.2) is 12.4 Å². The van der Waals surface area contributed by atoms with Crippen LogP contribution in [0.3, 0.4) is 0 Å². The molecule has 0 saturated carbocycles. The van der Waals surface area contributed by atoms with Crippen LogP contribution in [-0.2, 0) is 9.47 Å². The van der Waals surface area contributed by atoms with Crippen molar-refractivity contribution >= 4 is 0 Å². The number of furan rings is 1. The van der Waals surface area contributed by atoms with Crippen molar-refractivity contribution in [3.63, 3.8) is 0 Å². The lowest BCUT2D eigenvalue weighted by Gasteiger charge is -2.15. The van der Waals surface area contributed by atoms with E-state index < -0.39 is 5.79 Å². The van der Waals surface area contributed by atoms with Crippen LogP contribution in [0, 0.1) is 6.92 Å². The van der Waals surface area contributed by atoms with Crippen LogP contribution in [0.1, 0.15) is 31.5 Å². The molecule has 1 aromatic heterocycles. The highest BCUT2D eigenvalue weighted by Crippen LogP contribution is 2.33. The van der Waals surface area contributed by atoms with E-state index in [1.54, 1.807) is 0 Å². The zero-order chi connectivity index (χ0) is 9.47. The van der Waals surface area contributed by atoms with Gasteiger partial charge in [-0.25, -0.2) is 0 Å². The third-order valence-electron chi connectivity index (χ3n) is 2.09. The molecule has 3 heteroatoms. The van der Waals surface area contributed by atoms with E-state index in [9.17, 15) is 0 Å². The minimum atomic E-state index is -0.481. The Balaban J connectivity index is 2.12. The maximum atomic E-state index is 5.63. The molecular formula is C10H14O3. The minimum absolute atomic E-state index is 0.0521. The van der Waals surface area contributed by atoms with Crippen molar-refractivity contribution in [2.75, 3.05) is 6.61 Å². The Morgan fingerprint density at radius 2 is 2.15 bits per heavy atom. The summed E-state index contributed by atoms with van der Waals surface area (Å²) >= 11 is 0. The van der Waals surface area contributed by atoms with Gasteiger partial charge >= 0.3 is 0 Å². The molecule has 13 heavy (non-hydrogen) atoms. The number of aryl methyl sites for hydroxylation is 1. The topological polar surface area (TPSA) is 31.6 Å². The molecule has 1 fully saturated rings. The zero-order valence-electron chi connectivity index (χ0n) is 8.16. The third-order valence-corrected chi connectivity index (χ3v) is 2.09. The van der Waals surface area contributed by atoms with Gasteiger partial charge in [0.2, 0.25) is 0 Å². The van der Waals surface area contributed by atoms with Crippen molar-refractivity contribution in [2.45, 2.75) is 32.7 Å². The first kappa shape index (κ1) is 8.78. The summed E-state index contributed by atoms with van der Waals surface area (Å²) in [7, 11) is 0. The average molecular weight is 182 g/mol. The molecule has 0 radical (unpaired) electrons. The molecule has 0 aromatic carbocycles. The molecule has 1 aromatic rings. The van der Waals surface area contributed by atoms with Gasteiger partial charge in [-0.2, -0.15) is 0 Å². The lowest BCUT2D eigenvalue weighted by Crippen LogP contribution is -2.19. The summed E-state index contributed by atoms with van der Waals surface area (Å²) in [4.78, 5) is 0. The second-order valence-electron chi connectivity index (χ2n) is 3.77. The van der Waals surface area contributed by atoms with Gasteiger partial charge in [0.05, 0.1) is 6.61 Å². The quantitative estimate of drug-likeness (QED) is 0.668. The standard InChI is InChI=1S/C10H14O3/c1-7-4-5-8(12-7)9-6-11-10(2,3)13-9/h4-5,9H,6H2,1-3H3/t9-/m1/s1. The van der Waals surface area contributed by atoms with Crippen LogP contribution in [0.4, 0.5) is 0 Å². The van der Waals surface area contributed by atoms with Crippen molar-refractivity contribution in [3.05, 3.63) is 23.7 Å². The number of rotatable bonds is 1. The van der Waals surface area contributed by atoms with E-state index in [1.807, 2.05) is 32.9 Å². The Bertz CT molecular complexity index is 301. The third kappa shape index (κ3) is 1.76. The molecule has 0 N–H and O–H groups in total. The highest BCUT2D eigenvalue weighted by atomic mass is 16.7. The van der Waals surface area contributed by atoms with E-state index in [2.05, 4.69) is 0 Å². The van der Waals surface area contributed by atoms with Gasteiger partial charge in [0, 0.05) is 0 Å². The van der Waals surface area contributed by atoms with E-state index in [-0.39, 0.29) is 6.10 Å². The van der Waals surface area contributed by atoms with Gasteiger partial charge < -0.3 is 13.9 Å². The lowest BCUT2D eigenvalue weighted by molar-refractivity contribution is -0.141. The summed E-state index contributed by atoms with van der Waals surface area (Å²) in [5, 5.41) is 0. The normalized spacial score (nSPS) is 26.5. The average Bonchev–Trinajstić information content (AvgIpc) is 2.56. The summed E-state index contributed by atoms with van der Waals surface area (Å²) in [6.45, 7) is 6.30. The predicted octanol–water partition coefficient (Wildman–Crippen LogP) is 2.41. The number of hydrogen-bond donors (Lipinski definition) is 0. The summed E-state index contributed by atoms with van der Waals surface area (Å²) < 4.78 is 16.5. The van der Waals surface area contributed by atoms with Crippen molar-refractivity contribution in [1.29, 1.82) is 0 Å². The maximum absolute atomic E-state index is 5.63. The smallest absolute Gasteiger partial charge is 0.164 e. The molecule has 1 saturated heterocycles. The molecule has 0 unspecified atom stereocenters. The molecule has 72 valence electrons. The molecule has 3 nitrogen and oxygen atoms in total. The fourth-order valence-corrected chi connectivity index (χ4v) is 1.45. The summed E-state index contributed by atoms with van der Waals surface area (Å²) in [5.74, 6) is 1.28. The van der Waals surface area contributed by atoms with Gasteiger partial charge in [-0.3, -0.25) is 0 Å². The Morgan fingerprint density at radius 1 is 1.38 bits per heavy atom. The Hall–Kier alpha value is -0.800. The van der Waals surface area contributed by atoms with Gasteiger partial charge in [-0.15, -0.1) is 0 Å². The largest absolute Gasteiger partial charge is 0.464 e. The van der Waals surface area contributed by atoms with Crippen LogP contribution >= 0.6 is 0 Å². The molecule has 2 rings (SSSR count). The highest BCUT2D eigenvalue weighted by Gasteiger charge is 2.35. The van der Waals surface area contributed by atoms with Crippen molar-refractivity contribution in [2.24, 2.45) is 0 Å². The van der Waals surface area contributed by atoms with Crippen molar-refractivity contribution < 1.29 is 13.9 Å². The molecule has 0 spiro atoms. The second kappa shape index (κ2) is 2.86. The van der Waals surface area contributed by atoms with Crippen molar-refractivity contribution in [3.8, 4) is 0 Å². The lowest BCUT2D eigenvalue weighted by atomic mass is 10.3. The van der Waals surface area contributed by atoms with Crippen LogP contribution in [0.2, 0.25) is 0 Å². The van der Waals surface area contributed by atoms with E-state index in [1.165, 1.54) is 0 Å². The minimum Gasteiger partial charge on any atom is -0.464 e. The molecule has 0 amide bonds. The summed E-state index contributed by atoms with van der Waals surface area (Å²) in [6.07, 6.45) is -0.0521. The fraction of sp³-hybridized carbons (Fsp3) is 0.600. The van der Waals surface area contributed by atoms with Crippen LogP contribution in [0.5, 0.6) is 0 Å². The van der Waals surface area contributed by atoms with Crippen molar-refractivity contribution in [1.82, 2.24) is 0 Å². The van der Waals surface area contributed by atoms with Crippen LogP contribution in [0.25, 0.3) is 0 Å². The first-order valence-corrected chi connectivity index (χ1v) is 4.45. The van der Waals surface area contributed by atoms with E-state index >= 15 is 0 Å².